The molecule has 0 spiro atoms. The van der Waals surface area contributed by atoms with E-state index >= 15 is 0 Å². The Bertz CT molecular complexity index is 6.00. The van der Waals surface area contributed by atoms with Crippen LogP contribution in [-0.4, -0.2) is 22.6 Å². The Morgan fingerprint density at radius 1 is 1.75 bits per heavy atom. The Labute approximate surface area is 39.6 Å². The molecule has 0 saturated heterocycles. The van der Waals surface area contributed by atoms with E-state index in [1.54, 1.807) is 0 Å². The molecular formula is HAlClO2. The second-order valence-electron chi connectivity index (χ2n) is 0.0690. The highest BCUT2D eigenvalue weighted by Crippen LogP contribution is 1.58. The molecule has 0 fully saturated rings. The first kappa shape index (κ1) is 8.83. The smallest absolute Gasteiger partial charge is 0.0997 e. The van der Waals surface area contributed by atoms with Gasteiger partial charge in [0.2, 0.25) is 0 Å². The van der Waals surface area contributed by atoms with Crippen LogP contribution in [0.1, 0.15) is 0 Å². The summed E-state index contributed by atoms with van der Waals surface area (Å²) in [4.78, 5) is 0. The van der Waals surface area contributed by atoms with Gasteiger partial charge in [-0.15, -0.1) is 4.44 Å². The molecule has 0 aromatic rings. The third kappa shape index (κ3) is 15.1. The zero-order chi connectivity index (χ0) is 2.71. The van der Waals surface area contributed by atoms with E-state index < -0.39 is 0 Å². The quantitative estimate of drug-likeness (QED) is 0.265. The topological polar surface area (TPSA) is 29.5 Å². The monoisotopic (exact) mass is 94.9 g/mol. The highest BCUT2D eigenvalue weighted by Gasteiger charge is 1.33. The maximum absolute atomic E-state index is 6.83. The minimum Gasteiger partial charge on any atom is -0.233 e. The average molecular weight is 95.4 g/mol. The van der Waals surface area contributed by atoms with Crippen molar-refractivity contribution in [3.05, 3.63) is 0 Å². The predicted octanol–water partition coefficient (Wildman–Crippen LogP) is 0.249. The minimum atomic E-state index is 0. The molecule has 0 aliphatic heterocycles. The van der Waals surface area contributed by atoms with Crippen molar-refractivity contribution < 1.29 is 9.70 Å². The normalized spacial score (nSPS) is 4.50. The maximum Gasteiger partial charge on any atom is 0.0997 e. The van der Waals surface area contributed by atoms with Gasteiger partial charge in [-0.3, -0.25) is 0 Å². The van der Waals surface area contributed by atoms with E-state index in [4.69, 9.17) is 5.26 Å². The van der Waals surface area contributed by atoms with Crippen molar-refractivity contribution in [2.75, 3.05) is 0 Å². The van der Waals surface area contributed by atoms with Gasteiger partial charge >= 0.3 is 0 Å². The molecule has 0 aliphatic rings. The first-order valence-corrected chi connectivity index (χ1v) is 0.645. The molecule has 0 aromatic carbocycles. The SMILES string of the molecule is OOCl.[Al]. The zero-order valence-corrected chi connectivity index (χ0v) is 3.72. The first-order chi connectivity index (χ1) is 1.41. The average Bonchev–Trinajstić information content (AvgIpc) is 0.918. The van der Waals surface area contributed by atoms with Crippen LogP contribution in [0.15, 0.2) is 0 Å². The molecule has 0 saturated carbocycles. The summed E-state index contributed by atoms with van der Waals surface area (Å²) in [7, 11) is 0. The van der Waals surface area contributed by atoms with E-state index in [2.05, 4.69) is 16.3 Å². The van der Waals surface area contributed by atoms with Crippen molar-refractivity contribution in [3.63, 3.8) is 0 Å². The van der Waals surface area contributed by atoms with Crippen molar-refractivity contribution >= 4 is 29.2 Å². The highest BCUT2D eigenvalue weighted by atomic mass is 35.5. The van der Waals surface area contributed by atoms with Crippen LogP contribution in [0.25, 0.3) is 0 Å². The van der Waals surface area contributed by atoms with Gasteiger partial charge in [0.1, 0.15) is 0 Å². The molecule has 4 heavy (non-hydrogen) atoms. The molecule has 0 heterocycles. The molecular weight excluding hydrogens is 94.4 g/mol. The van der Waals surface area contributed by atoms with E-state index in [0.717, 1.165) is 0 Å². The predicted molar refractivity (Wildman–Crippen MR) is 15.3 cm³/mol. The van der Waals surface area contributed by atoms with E-state index in [0.29, 0.717) is 0 Å². The molecule has 3 radical (unpaired) electrons. The molecule has 0 atom stereocenters. The van der Waals surface area contributed by atoms with Crippen molar-refractivity contribution in [3.8, 4) is 0 Å². The van der Waals surface area contributed by atoms with Crippen LogP contribution in [0.2, 0.25) is 0 Å². The maximum atomic E-state index is 6.83. The summed E-state index contributed by atoms with van der Waals surface area (Å²) in [5, 5.41) is 6.83. The molecule has 0 unspecified atom stereocenters. The van der Waals surface area contributed by atoms with Crippen LogP contribution in [0.5, 0.6) is 0 Å². The Hall–Kier alpha value is 0.742. The van der Waals surface area contributed by atoms with Gasteiger partial charge in [0.15, 0.2) is 0 Å². The Kier molecular flexibility index (Phi) is 20.5. The standard InChI is InChI=1S/Al.ClHO2/c;1-3-2/h;2H. The lowest BCUT2D eigenvalue weighted by molar-refractivity contribution is -0.130. The lowest BCUT2D eigenvalue weighted by atomic mass is 15.0. The van der Waals surface area contributed by atoms with Gasteiger partial charge in [-0.1, -0.05) is 0 Å². The summed E-state index contributed by atoms with van der Waals surface area (Å²) in [6, 6.07) is 0. The van der Waals surface area contributed by atoms with E-state index in [1.807, 2.05) is 0 Å². The highest BCUT2D eigenvalue weighted by molar-refractivity contribution is 6.06. The summed E-state index contributed by atoms with van der Waals surface area (Å²) in [6.45, 7) is 0. The Balaban J connectivity index is 0. The van der Waals surface area contributed by atoms with Gasteiger partial charge in [0.05, 0.1) is 11.9 Å². The summed E-state index contributed by atoms with van der Waals surface area (Å²) in [5.41, 5.74) is 0. The summed E-state index contributed by atoms with van der Waals surface area (Å²) < 4.78 is 2.72. The van der Waals surface area contributed by atoms with Crippen LogP contribution in [0.3, 0.4) is 0 Å². The van der Waals surface area contributed by atoms with Gasteiger partial charge in [-0.2, -0.15) is 0 Å². The molecule has 1 N–H and O–H groups in total. The third-order valence-electron chi connectivity index (χ3n) is 0. The van der Waals surface area contributed by atoms with Crippen molar-refractivity contribution in [2.45, 2.75) is 0 Å². The largest absolute Gasteiger partial charge is 0.233 e. The van der Waals surface area contributed by atoms with Gasteiger partial charge in [0, 0.05) is 17.4 Å². The summed E-state index contributed by atoms with van der Waals surface area (Å²) >= 11 is 4.05. The van der Waals surface area contributed by atoms with E-state index in [1.165, 1.54) is 0 Å². The molecule has 2 nitrogen and oxygen atoms in total. The lowest BCUT2D eigenvalue weighted by Crippen LogP contribution is -1.42. The molecule has 0 aromatic heterocycles. The van der Waals surface area contributed by atoms with Gasteiger partial charge < -0.3 is 0 Å². The first-order valence-electron chi connectivity index (χ1n) is 0.337. The third-order valence-corrected chi connectivity index (χ3v) is 0. The summed E-state index contributed by atoms with van der Waals surface area (Å²) in [6.07, 6.45) is 0. The lowest BCUT2D eigenvalue weighted by Gasteiger charge is -1.52. The molecule has 4 heteroatoms. The number of hydrogen-bond acceptors (Lipinski definition) is 2. The fourth-order valence-corrected chi connectivity index (χ4v) is 0. The Morgan fingerprint density at radius 3 is 1.75 bits per heavy atom. The van der Waals surface area contributed by atoms with Gasteiger partial charge in [0.25, 0.3) is 0 Å². The molecule has 0 rings (SSSR count). The zero-order valence-electron chi connectivity index (χ0n) is 1.81. The minimum absolute atomic E-state index is 0. The van der Waals surface area contributed by atoms with Crippen LogP contribution >= 0.6 is 11.9 Å². The van der Waals surface area contributed by atoms with Crippen LogP contribution in [0, 0.1) is 0 Å². The fourth-order valence-electron chi connectivity index (χ4n) is 0. The van der Waals surface area contributed by atoms with Gasteiger partial charge in [-0.25, -0.2) is 5.26 Å². The molecule has 0 bridgehead atoms. The molecule has 0 aliphatic carbocycles. The second kappa shape index (κ2) is 9.27. The fraction of sp³-hybridized carbons (Fsp3) is 0. The molecule has 23 valence electrons. The second-order valence-corrected chi connectivity index (χ2v) is 0.207. The summed E-state index contributed by atoms with van der Waals surface area (Å²) in [5.74, 6) is 0. The van der Waals surface area contributed by atoms with Crippen LogP contribution in [-0.2, 0) is 4.44 Å². The number of rotatable bonds is 0. The van der Waals surface area contributed by atoms with Crippen molar-refractivity contribution in [1.29, 1.82) is 0 Å². The molecule has 0 amide bonds. The number of hydrogen-bond donors (Lipinski definition) is 1. The number of halogens is 1. The van der Waals surface area contributed by atoms with Crippen molar-refractivity contribution in [1.82, 2.24) is 0 Å². The van der Waals surface area contributed by atoms with Crippen molar-refractivity contribution in [2.24, 2.45) is 0 Å². The Morgan fingerprint density at radius 2 is 1.75 bits per heavy atom. The van der Waals surface area contributed by atoms with E-state index in [9.17, 15) is 0 Å². The van der Waals surface area contributed by atoms with Gasteiger partial charge in [-0.05, 0) is 0 Å². The van der Waals surface area contributed by atoms with Crippen LogP contribution < -0.4 is 0 Å². The van der Waals surface area contributed by atoms with E-state index in [-0.39, 0.29) is 17.4 Å². The van der Waals surface area contributed by atoms with Crippen LogP contribution in [0.4, 0.5) is 0 Å².